The number of carbonyl (C=O) groups is 2. The first-order valence-corrected chi connectivity index (χ1v) is 25.2. The van der Waals surface area contributed by atoms with Crippen LogP contribution in [0.25, 0.3) is 0 Å². The van der Waals surface area contributed by atoms with Crippen LogP contribution < -0.4 is 0 Å². The van der Waals surface area contributed by atoms with E-state index in [1.54, 1.807) is 6.92 Å². The minimum atomic E-state index is -5.17. The molecule has 1 saturated carbocycles. The van der Waals surface area contributed by atoms with E-state index in [-0.39, 0.29) is 18.9 Å². The average Bonchev–Trinajstić information content (AvgIpc) is 3.29. The number of hydrogen-bond donors (Lipinski definition) is 7. The molecule has 66 heavy (non-hydrogen) atoms. The van der Waals surface area contributed by atoms with Crippen molar-refractivity contribution in [3.8, 4) is 0 Å². The third-order valence-corrected chi connectivity index (χ3v) is 11.1. The molecule has 374 valence electrons. The number of rotatable bonds is 37. The number of unbranched alkanes of at least 4 members (excludes halogenated alkanes) is 5. The maximum absolute atomic E-state index is 12.8. The number of allylic oxidation sites excluding steroid dienone is 18. The largest absolute Gasteiger partial charge is 0.472 e. The zero-order chi connectivity index (χ0) is 48.7. The van der Waals surface area contributed by atoms with Crippen LogP contribution >= 0.6 is 7.82 Å². The van der Waals surface area contributed by atoms with Crippen LogP contribution in [-0.2, 0) is 32.7 Å². The number of esters is 2. The number of phosphoric ester groups is 1. The lowest BCUT2D eigenvalue weighted by Crippen LogP contribution is -2.64. The van der Waals surface area contributed by atoms with Gasteiger partial charge in [0, 0.05) is 12.8 Å². The van der Waals surface area contributed by atoms with Gasteiger partial charge in [-0.1, -0.05) is 129 Å². The van der Waals surface area contributed by atoms with E-state index in [9.17, 15) is 49.7 Å². The molecule has 1 rings (SSSR count). The van der Waals surface area contributed by atoms with Crippen LogP contribution in [0.4, 0.5) is 0 Å². The molecular formula is C51H81O14P. The first-order valence-electron chi connectivity index (χ1n) is 23.7. The first-order chi connectivity index (χ1) is 31.8. The summed E-state index contributed by atoms with van der Waals surface area (Å²) in [6.07, 6.45) is 38.6. The third kappa shape index (κ3) is 32.2. The van der Waals surface area contributed by atoms with E-state index in [1.807, 2.05) is 30.4 Å². The van der Waals surface area contributed by atoms with Crippen LogP contribution in [0.1, 0.15) is 136 Å². The van der Waals surface area contributed by atoms with E-state index < -0.39 is 75.7 Å². The van der Waals surface area contributed by atoms with Crippen LogP contribution in [0.15, 0.2) is 109 Å². The van der Waals surface area contributed by atoms with Crippen molar-refractivity contribution >= 4 is 19.8 Å². The maximum atomic E-state index is 12.8. The number of aliphatic hydroxyl groups is 6. The molecule has 0 bridgehead atoms. The summed E-state index contributed by atoms with van der Waals surface area (Å²) in [6, 6.07) is 0. The van der Waals surface area contributed by atoms with Gasteiger partial charge in [-0.15, -0.1) is 0 Å². The molecule has 7 N–H and O–H groups in total. The van der Waals surface area contributed by atoms with E-state index in [1.165, 1.54) is 19.3 Å². The van der Waals surface area contributed by atoms with Crippen molar-refractivity contribution in [3.63, 3.8) is 0 Å². The molecular weight excluding hydrogens is 868 g/mol. The van der Waals surface area contributed by atoms with Crippen molar-refractivity contribution in [2.75, 3.05) is 13.2 Å². The van der Waals surface area contributed by atoms with Crippen molar-refractivity contribution < 1.29 is 68.2 Å². The van der Waals surface area contributed by atoms with Gasteiger partial charge in [0.25, 0.3) is 0 Å². The fourth-order valence-electron chi connectivity index (χ4n) is 6.28. The lowest BCUT2D eigenvalue weighted by molar-refractivity contribution is -0.220. The van der Waals surface area contributed by atoms with Crippen molar-refractivity contribution in [1.29, 1.82) is 0 Å². The second-order valence-corrected chi connectivity index (χ2v) is 17.6. The van der Waals surface area contributed by atoms with E-state index in [0.717, 1.165) is 64.2 Å². The molecule has 0 aromatic rings. The molecule has 0 radical (unpaired) electrons. The highest BCUT2D eigenvalue weighted by atomic mass is 31.2. The summed E-state index contributed by atoms with van der Waals surface area (Å²) < 4.78 is 33.4. The number of aliphatic hydroxyl groups excluding tert-OH is 6. The first kappa shape index (κ1) is 60.5. The minimum Gasteiger partial charge on any atom is -0.462 e. The van der Waals surface area contributed by atoms with Crippen LogP contribution in [0.5, 0.6) is 0 Å². The van der Waals surface area contributed by atoms with Crippen LogP contribution in [0, 0.1) is 0 Å². The predicted molar refractivity (Wildman–Crippen MR) is 259 cm³/mol. The Hall–Kier alpha value is -3.53. The van der Waals surface area contributed by atoms with Gasteiger partial charge in [0.15, 0.2) is 6.10 Å². The Morgan fingerprint density at radius 3 is 1.39 bits per heavy atom. The lowest BCUT2D eigenvalue weighted by atomic mass is 9.85. The van der Waals surface area contributed by atoms with E-state index in [4.69, 9.17) is 18.5 Å². The fourth-order valence-corrected chi connectivity index (χ4v) is 7.25. The van der Waals surface area contributed by atoms with Gasteiger partial charge in [-0.05, 0) is 103 Å². The minimum absolute atomic E-state index is 0.0515. The monoisotopic (exact) mass is 949 g/mol. The Kier molecular flexibility index (Phi) is 36.2. The highest BCUT2D eigenvalue weighted by Gasteiger charge is 2.51. The fraction of sp³-hybridized carbons (Fsp3) is 0.608. The quantitative estimate of drug-likeness (QED) is 0.0134. The standard InChI is InChI=1S/C51H81O14P/c1-3-4-5-6-7-8-9-10-11-12-13-14-17-21-24-27-30-33-36-39-45(54)64-43(41-63-66(60,61)65-51-49(58)47(56)46(55)48(57)50(51)59)40-62-44(53)38-35-32-29-26-23-20-18-15-16-19-22-25-28-31-34-37-42(2)52/h7-8,10-11,13-14,16,18-21,24-26,28-30,33,42-43,46-52,55-59H,3-6,9,12,15,17,22-23,27,31-32,34-41H2,1-2H3,(H,60,61)/b8-7-,11-10-,14-13-,19-16-,20-18-,24-21-,28-25-,29-26-,33-30-/t42-,43-,46?,47-,48+,49-,50-,51?/m1/s1. The average molecular weight is 949 g/mol. The van der Waals surface area contributed by atoms with Crippen LogP contribution in [-0.4, -0.2) is 110 Å². The smallest absolute Gasteiger partial charge is 0.462 e. The van der Waals surface area contributed by atoms with Crippen molar-refractivity contribution in [2.24, 2.45) is 0 Å². The van der Waals surface area contributed by atoms with Crippen LogP contribution in [0.3, 0.4) is 0 Å². The Labute approximate surface area is 394 Å². The zero-order valence-corrected chi connectivity index (χ0v) is 40.2. The zero-order valence-electron chi connectivity index (χ0n) is 39.3. The van der Waals surface area contributed by atoms with Gasteiger partial charge in [-0.25, -0.2) is 4.57 Å². The van der Waals surface area contributed by atoms with Crippen LogP contribution in [0.2, 0.25) is 0 Å². The number of carbonyl (C=O) groups excluding carboxylic acids is 2. The third-order valence-electron chi connectivity index (χ3n) is 10.1. The second kappa shape index (κ2) is 39.5. The molecule has 1 aliphatic carbocycles. The Morgan fingerprint density at radius 2 is 0.939 bits per heavy atom. The topological polar surface area (TPSA) is 230 Å². The van der Waals surface area contributed by atoms with E-state index >= 15 is 0 Å². The van der Waals surface area contributed by atoms with Crippen molar-refractivity contribution in [3.05, 3.63) is 109 Å². The van der Waals surface area contributed by atoms with Gasteiger partial charge in [-0.2, -0.15) is 0 Å². The molecule has 1 aliphatic rings. The summed E-state index contributed by atoms with van der Waals surface area (Å²) in [5, 5.41) is 59.4. The molecule has 0 aromatic heterocycles. The molecule has 1 fully saturated rings. The molecule has 0 saturated heterocycles. The van der Waals surface area contributed by atoms with Gasteiger partial charge < -0.3 is 45.0 Å². The molecule has 15 heteroatoms. The van der Waals surface area contributed by atoms with Gasteiger partial charge >= 0.3 is 19.8 Å². The van der Waals surface area contributed by atoms with Gasteiger partial charge in [-0.3, -0.25) is 18.6 Å². The number of ether oxygens (including phenoxy) is 2. The lowest BCUT2D eigenvalue weighted by Gasteiger charge is -2.41. The second-order valence-electron chi connectivity index (χ2n) is 16.2. The maximum Gasteiger partial charge on any atom is 0.472 e. The highest BCUT2D eigenvalue weighted by molar-refractivity contribution is 7.47. The Balaban J connectivity index is 2.56. The molecule has 0 spiro atoms. The van der Waals surface area contributed by atoms with Crippen molar-refractivity contribution in [1.82, 2.24) is 0 Å². The highest BCUT2D eigenvalue weighted by Crippen LogP contribution is 2.47. The van der Waals surface area contributed by atoms with Gasteiger partial charge in [0.1, 0.15) is 43.2 Å². The normalized spacial score (nSPS) is 22.7. The summed E-state index contributed by atoms with van der Waals surface area (Å²) in [5.74, 6) is -1.29. The number of hydrogen-bond acceptors (Lipinski definition) is 13. The molecule has 0 aromatic carbocycles. The molecule has 14 nitrogen and oxygen atoms in total. The molecule has 0 amide bonds. The van der Waals surface area contributed by atoms with Gasteiger partial charge in [0.05, 0.1) is 12.7 Å². The summed E-state index contributed by atoms with van der Waals surface area (Å²) in [6.45, 7) is 2.70. The van der Waals surface area contributed by atoms with Crippen molar-refractivity contribution in [2.45, 2.75) is 185 Å². The Bertz CT molecular complexity index is 1580. The number of phosphoric acid groups is 1. The molecule has 0 heterocycles. The summed E-state index contributed by atoms with van der Waals surface area (Å²) in [5.41, 5.74) is 0. The van der Waals surface area contributed by atoms with E-state index in [0.29, 0.717) is 25.7 Å². The summed E-state index contributed by atoms with van der Waals surface area (Å²) in [7, 11) is -5.17. The molecule has 0 aliphatic heterocycles. The predicted octanol–water partition coefficient (Wildman–Crippen LogP) is 8.58. The Morgan fingerprint density at radius 1 is 0.530 bits per heavy atom. The summed E-state index contributed by atoms with van der Waals surface area (Å²) in [4.78, 5) is 35.7. The molecule has 3 unspecified atom stereocenters. The van der Waals surface area contributed by atoms with E-state index in [2.05, 4.69) is 85.9 Å². The summed E-state index contributed by atoms with van der Waals surface area (Å²) >= 11 is 0. The molecule has 9 atom stereocenters. The SMILES string of the molecule is CCCCC/C=C\C/C=C\C/C=C\C/C=C\C/C=C\CCC(=O)O[C@H](COC(=O)CCC/C=C\C/C=C\C/C=C\C/C=C\CCC[C@@H](C)O)COP(=O)(O)OC1[C@H](O)[C@H](O)C(O)[C@H](O)[C@H]1O. The van der Waals surface area contributed by atoms with Gasteiger partial charge in [0.2, 0.25) is 0 Å².